The molecule has 1 saturated heterocycles. The number of anilines is 1. The number of rotatable bonds is 8. The van der Waals surface area contributed by atoms with Gasteiger partial charge in [0.25, 0.3) is 5.91 Å². The van der Waals surface area contributed by atoms with Gasteiger partial charge in [0, 0.05) is 30.0 Å². The topological polar surface area (TPSA) is 107 Å². The maximum atomic E-state index is 12.2. The van der Waals surface area contributed by atoms with Crippen molar-refractivity contribution in [3.05, 3.63) is 23.6 Å². The lowest BCUT2D eigenvalue weighted by Gasteiger charge is -2.20. The fourth-order valence-corrected chi connectivity index (χ4v) is 3.99. The number of amides is 2. The molecule has 0 bridgehead atoms. The zero-order valence-electron chi connectivity index (χ0n) is 17.8. The second-order valence-corrected chi connectivity index (χ2v) is 8.16. The fraction of sp³-hybridized carbons (Fsp3) is 0.429. The highest BCUT2D eigenvalue weighted by Gasteiger charge is 2.36. The van der Waals surface area contributed by atoms with E-state index in [2.05, 4.69) is 10.3 Å². The Bertz CT molecular complexity index is 974. The van der Waals surface area contributed by atoms with Gasteiger partial charge in [-0.1, -0.05) is 0 Å². The zero-order chi connectivity index (χ0) is 22.5. The molecule has 9 nitrogen and oxygen atoms in total. The summed E-state index contributed by atoms with van der Waals surface area (Å²) in [5.41, 5.74) is 1.34. The number of methoxy groups -OCH3 is 2. The molecule has 1 aliphatic rings. The van der Waals surface area contributed by atoms with Gasteiger partial charge >= 0.3 is 5.97 Å². The Labute approximate surface area is 184 Å². The van der Waals surface area contributed by atoms with Crippen LogP contribution in [0.25, 0.3) is 11.3 Å². The lowest BCUT2D eigenvalue weighted by atomic mass is 10.1. The highest BCUT2D eigenvalue weighted by molar-refractivity contribution is 7.14. The Morgan fingerprint density at radius 3 is 2.71 bits per heavy atom. The van der Waals surface area contributed by atoms with Crippen molar-refractivity contribution >= 4 is 34.3 Å². The third kappa shape index (κ3) is 5.32. The Balaban J connectivity index is 1.56. The first-order valence-corrected chi connectivity index (χ1v) is 10.6. The first-order chi connectivity index (χ1) is 14.8. The number of carbonyl (C=O) groups excluding carboxylic acids is 3. The van der Waals surface area contributed by atoms with E-state index in [1.54, 1.807) is 42.7 Å². The van der Waals surface area contributed by atoms with Crippen LogP contribution in [0, 0.1) is 5.92 Å². The van der Waals surface area contributed by atoms with Gasteiger partial charge < -0.3 is 19.1 Å². The molecule has 166 valence electrons. The highest BCUT2D eigenvalue weighted by Crippen LogP contribution is 2.35. The lowest BCUT2D eigenvalue weighted by Crippen LogP contribution is -2.33. The lowest BCUT2D eigenvalue weighted by molar-refractivity contribution is -0.151. The zero-order valence-corrected chi connectivity index (χ0v) is 18.7. The number of hydrogen-bond acceptors (Lipinski definition) is 8. The van der Waals surface area contributed by atoms with E-state index >= 15 is 0 Å². The molecule has 1 unspecified atom stereocenters. The summed E-state index contributed by atoms with van der Waals surface area (Å²) < 4.78 is 15.7. The number of aromatic nitrogens is 1. The Morgan fingerprint density at radius 1 is 1.29 bits per heavy atom. The van der Waals surface area contributed by atoms with Crippen LogP contribution < -0.4 is 14.8 Å². The van der Waals surface area contributed by atoms with E-state index in [1.165, 1.54) is 11.3 Å². The predicted octanol–water partition coefficient (Wildman–Crippen LogP) is 2.57. The quantitative estimate of drug-likeness (QED) is 0.620. The second kappa shape index (κ2) is 9.78. The normalized spacial score (nSPS) is 15.8. The number of thiazole rings is 1. The molecule has 1 aromatic heterocycles. The van der Waals surface area contributed by atoms with Crippen molar-refractivity contribution in [3.63, 3.8) is 0 Å². The van der Waals surface area contributed by atoms with E-state index in [1.807, 2.05) is 13.8 Å². The summed E-state index contributed by atoms with van der Waals surface area (Å²) in [4.78, 5) is 42.4. The van der Waals surface area contributed by atoms with Crippen LogP contribution in [-0.2, 0) is 19.1 Å². The van der Waals surface area contributed by atoms with Gasteiger partial charge in [-0.2, -0.15) is 0 Å². The second-order valence-electron chi connectivity index (χ2n) is 7.30. The van der Waals surface area contributed by atoms with Crippen molar-refractivity contribution in [2.45, 2.75) is 26.3 Å². The smallest absolute Gasteiger partial charge is 0.311 e. The molecular weight excluding hydrogens is 422 g/mol. The average molecular weight is 448 g/mol. The summed E-state index contributed by atoms with van der Waals surface area (Å²) >= 11 is 1.24. The minimum atomic E-state index is -0.549. The van der Waals surface area contributed by atoms with E-state index in [4.69, 9.17) is 14.2 Å². The summed E-state index contributed by atoms with van der Waals surface area (Å²) in [5.74, 6) is -0.397. The van der Waals surface area contributed by atoms with Gasteiger partial charge in [-0.15, -0.1) is 11.3 Å². The van der Waals surface area contributed by atoms with Crippen LogP contribution in [0.15, 0.2) is 23.6 Å². The van der Waals surface area contributed by atoms with Crippen molar-refractivity contribution in [3.8, 4) is 22.8 Å². The molecule has 1 aromatic carbocycles. The third-order valence-corrected chi connectivity index (χ3v) is 5.65. The van der Waals surface area contributed by atoms with Gasteiger partial charge in [0.15, 0.2) is 11.7 Å². The van der Waals surface area contributed by atoms with Gasteiger partial charge in [0.1, 0.15) is 11.5 Å². The number of ether oxygens (including phenoxy) is 3. The van der Waals surface area contributed by atoms with Crippen molar-refractivity contribution in [1.82, 2.24) is 9.88 Å². The van der Waals surface area contributed by atoms with Crippen molar-refractivity contribution in [2.75, 3.05) is 32.7 Å². The summed E-state index contributed by atoms with van der Waals surface area (Å²) in [7, 11) is 3.13. The van der Waals surface area contributed by atoms with Crippen molar-refractivity contribution in [2.24, 2.45) is 5.92 Å². The number of hydrogen-bond donors (Lipinski definition) is 1. The largest absolute Gasteiger partial charge is 0.497 e. The first kappa shape index (κ1) is 22.5. The van der Waals surface area contributed by atoms with Gasteiger partial charge in [-0.25, -0.2) is 4.98 Å². The summed E-state index contributed by atoms with van der Waals surface area (Å²) in [6.45, 7) is 3.66. The van der Waals surface area contributed by atoms with Gasteiger partial charge in [-0.05, 0) is 32.0 Å². The van der Waals surface area contributed by atoms with E-state index in [-0.39, 0.29) is 18.4 Å². The minimum Gasteiger partial charge on any atom is -0.497 e. The fourth-order valence-electron chi connectivity index (χ4n) is 3.27. The Kier molecular flexibility index (Phi) is 7.11. The molecule has 2 amide bonds. The molecule has 0 spiro atoms. The van der Waals surface area contributed by atoms with E-state index in [0.717, 1.165) is 5.56 Å². The highest BCUT2D eigenvalue weighted by atomic mass is 32.1. The molecule has 1 aliphatic heterocycles. The molecule has 1 fully saturated rings. The third-order valence-electron chi connectivity index (χ3n) is 4.89. The van der Waals surface area contributed by atoms with Crippen LogP contribution in [-0.4, -0.2) is 61.1 Å². The maximum absolute atomic E-state index is 12.2. The SMILES string of the molecule is COc1ccc(OC)c(-c2csc(NC(=O)COC(=O)C3CC(=O)N(C(C)C)C3)n2)c1. The van der Waals surface area contributed by atoms with Crippen molar-refractivity contribution < 1.29 is 28.6 Å². The molecule has 0 radical (unpaired) electrons. The summed E-state index contributed by atoms with van der Waals surface area (Å²) in [5, 5.41) is 4.77. The Hall–Kier alpha value is -3.14. The van der Waals surface area contributed by atoms with Crippen LogP contribution >= 0.6 is 11.3 Å². The number of esters is 1. The van der Waals surface area contributed by atoms with Gasteiger partial charge in [0.2, 0.25) is 5.91 Å². The summed E-state index contributed by atoms with van der Waals surface area (Å²) in [6.07, 6.45) is 0.108. The summed E-state index contributed by atoms with van der Waals surface area (Å²) in [6, 6.07) is 5.38. The van der Waals surface area contributed by atoms with Crippen LogP contribution in [0.3, 0.4) is 0 Å². The van der Waals surface area contributed by atoms with E-state index < -0.39 is 24.4 Å². The van der Waals surface area contributed by atoms with Crippen molar-refractivity contribution in [1.29, 1.82) is 0 Å². The molecule has 0 aliphatic carbocycles. The molecule has 1 N–H and O–H groups in total. The molecule has 0 saturated carbocycles. The number of likely N-dealkylation sites (tertiary alicyclic amines) is 1. The molecule has 2 heterocycles. The monoisotopic (exact) mass is 447 g/mol. The minimum absolute atomic E-state index is 0.0240. The number of nitrogens with zero attached hydrogens (tertiary/aromatic N) is 2. The van der Waals surface area contributed by atoms with E-state index in [9.17, 15) is 14.4 Å². The molecule has 31 heavy (non-hydrogen) atoms. The molecular formula is C21H25N3O6S. The standard InChI is InChI=1S/C21H25N3O6S/c1-12(2)24-9-13(7-19(24)26)20(27)30-10-18(25)23-21-22-16(11-31-21)15-8-14(28-3)5-6-17(15)29-4/h5-6,8,11-13H,7,9-10H2,1-4H3,(H,22,23,25). The van der Waals surface area contributed by atoms with Crippen LogP contribution in [0.1, 0.15) is 20.3 Å². The van der Waals surface area contributed by atoms with Crippen LogP contribution in [0.2, 0.25) is 0 Å². The predicted molar refractivity (Wildman–Crippen MR) is 115 cm³/mol. The average Bonchev–Trinajstić information content (AvgIpc) is 3.38. The van der Waals surface area contributed by atoms with Crippen LogP contribution in [0.5, 0.6) is 11.5 Å². The Morgan fingerprint density at radius 2 is 2.06 bits per heavy atom. The molecule has 2 aromatic rings. The van der Waals surface area contributed by atoms with E-state index in [0.29, 0.717) is 28.9 Å². The number of carbonyl (C=O) groups is 3. The molecule has 3 rings (SSSR count). The number of benzene rings is 1. The number of nitrogens with one attached hydrogen (secondary N) is 1. The molecule has 10 heteroatoms. The first-order valence-electron chi connectivity index (χ1n) is 9.76. The maximum Gasteiger partial charge on any atom is 0.311 e. The van der Waals surface area contributed by atoms with Gasteiger partial charge in [0.05, 0.1) is 25.8 Å². The van der Waals surface area contributed by atoms with Gasteiger partial charge in [-0.3, -0.25) is 19.7 Å². The van der Waals surface area contributed by atoms with Crippen LogP contribution in [0.4, 0.5) is 5.13 Å². The molecule has 1 atom stereocenters.